The van der Waals surface area contributed by atoms with Gasteiger partial charge >= 0.3 is 0 Å². The highest BCUT2D eigenvalue weighted by atomic mass is 32.2. The zero-order chi connectivity index (χ0) is 22.1. The minimum absolute atomic E-state index is 0.134. The van der Waals surface area contributed by atoms with E-state index in [1.165, 1.54) is 24.3 Å². The summed E-state index contributed by atoms with van der Waals surface area (Å²) in [6.07, 6.45) is 5.04. The fourth-order valence-electron chi connectivity index (χ4n) is 3.48. The molecule has 0 bridgehead atoms. The minimum Gasteiger partial charge on any atom is -0.352 e. The Labute approximate surface area is 187 Å². The summed E-state index contributed by atoms with van der Waals surface area (Å²) in [6, 6.07) is 9.82. The molecule has 3 rings (SSSR count). The van der Waals surface area contributed by atoms with Crippen LogP contribution in [-0.2, 0) is 21.2 Å². The second-order valence-corrected chi connectivity index (χ2v) is 10.4. The molecule has 9 heteroatoms. The molecule has 2 amide bonds. The Morgan fingerprint density at radius 3 is 2.61 bits per heavy atom. The number of hydrogen-bond acceptors (Lipinski definition) is 5. The molecule has 2 heterocycles. The van der Waals surface area contributed by atoms with Gasteiger partial charge in [0.05, 0.1) is 4.90 Å². The summed E-state index contributed by atoms with van der Waals surface area (Å²) < 4.78 is 27.4. The maximum Gasteiger partial charge on any atom is 0.251 e. The molecule has 168 valence electrons. The quantitative estimate of drug-likeness (QED) is 0.530. The van der Waals surface area contributed by atoms with E-state index in [0.717, 1.165) is 30.7 Å². The van der Waals surface area contributed by atoms with Crippen molar-refractivity contribution in [2.75, 3.05) is 26.2 Å². The van der Waals surface area contributed by atoms with Gasteiger partial charge in [0.15, 0.2) is 0 Å². The van der Waals surface area contributed by atoms with Crippen molar-refractivity contribution in [3.8, 4) is 0 Å². The number of carbonyl (C=O) groups is 2. The first kappa shape index (κ1) is 23.4. The lowest BCUT2D eigenvalue weighted by atomic mass is 10.2. The summed E-state index contributed by atoms with van der Waals surface area (Å²) in [6.45, 7) is 2.23. The molecule has 31 heavy (non-hydrogen) atoms. The highest BCUT2D eigenvalue weighted by molar-refractivity contribution is 7.89. The van der Waals surface area contributed by atoms with Crippen molar-refractivity contribution < 1.29 is 18.0 Å². The normalized spacial score (nSPS) is 15.0. The van der Waals surface area contributed by atoms with Crippen molar-refractivity contribution in [2.24, 2.45) is 0 Å². The number of likely N-dealkylation sites (tertiary alicyclic amines) is 1. The molecule has 0 saturated carbocycles. The number of carbonyl (C=O) groups excluding carboxylic acids is 2. The summed E-state index contributed by atoms with van der Waals surface area (Å²) in [5.74, 6) is -0.0542. The molecule has 2 aromatic rings. The Hall–Kier alpha value is -2.23. The summed E-state index contributed by atoms with van der Waals surface area (Å²) >= 11 is 1.59. The highest BCUT2D eigenvalue weighted by Gasteiger charge is 2.17. The highest BCUT2D eigenvalue weighted by Crippen LogP contribution is 2.13. The molecule has 7 nitrogen and oxygen atoms in total. The van der Waals surface area contributed by atoms with E-state index in [2.05, 4.69) is 10.0 Å². The molecule has 1 aromatic carbocycles. The standard InChI is InChI=1S/C22H29N3O4S2/c26-21-7-2-1-3-15-25(21)16-5-13-23-22(27)18-8-10-20(11-9-18)31(28,29)24-14-12-19-6-4-17-30-19/h4,6,8-11,17,24H,1-3,5,7,12-16H2,(H,23,27). The van der Waals surface area contributed by atoms with Gasteiger partial charge in [0, 0.05) is 43.0 Å². The van der Waals surface area contributed by atoms with E-state index in [9.17, 15) is 18.0 Å². The first-order chi connectivity index (χ1) is 15.0. The molecule has 1 aliphatic rings. The molecule has 0 radical (unpaired) electrons. The smallest absolute Gasteiger partial charge is 0.251 e. The Bertz CT molecular complexity index is 957. The third-order valence-corrected chi connectivity index (χ3v) is 7.65. The topological polar surface area (TPSA) is 95.6 Å². The van der Waals surface area contributed by atoms with Crippen molar-refractivity contribution in [3.63, 3.8) is 0 Å². The van der Waals surface area contributed by atoms with E-state index in [0.29, 0.717) is 44.5 Å². The van der Waals surface area contributed by atoms with Crippen LogP contribution in [0.2, 0.25) is 0 Å². The Balaban J connectivity index is 1.43. The van der Waals surface area contributed by atoms with Crippen LogP contribution in [0.25, 0.3) is 0 Å². The van der Waals surface area contributed by atoms with Crippen LogP contribution in [0.5, 0.6) is 0 Å². The van der Waals surface area contributed by atoms with Crippen LogP contribution in [0.1, 0.15) is 47.3 Å². The van der Waals surface area contributed by atoms with Gasteiger partial charge in [-0.1, -0.05) is 12.5 Å². The Morgan fingerprint density at radius 1 is 1.06 bits per heavy atom. The van der Waals surface area contributed by atoms with Crippen LogP contribution in [0.3, 0.4) is 0 Å². The monoisotopic (exact) mass is 463 g/mol. The van der Waals surface area contributed by atoms with E-state index >= 15 is 0 Å². The van der Waals surface area contributed by atoms with Gasteiger partial charge in [-0.05, 0) is 61.4 Å². The SMILES string of the molecule is O=C(NCCCN1CCCCCC1=O)c1ccc(S(=O)(=O)NCCc2cccs2)cc1. The molecular weight excluding hydrogens is 434 g/mol. The molecule has 0 aliphatic carbocycles. The van der Waals surface area contributed by atoms with Gasteiger partial charge in [-0.15, -0.1) is 11.3 Å². The minimum atomic E-state index is -3.61. The van der Waals surface area contributed by atoms with Crippen LogP contribution in [0, 0.1) is 0 Å². The maximum atomic E-state index is 12.4. The lowest BCUT2D eigenvalue weighted by molar-refractivity contribution is -0.130. The van der Waals surface area contributed by atoms with Gasteiger partial charge in [0.25, 0.3) is 5.91 Å². The number of thiophene rings is 1. The predicted octanol–water partition coefficient (Wildman–Crippen LogP) is 2.79. The Kier molecular flexibility index (Phi) is 8.62. The second kappa shape index (κ2) is 11.4. The number of nitrogens with zero attached hydrogens (tertiary/aromatic N) is 1. The second-order valence-electron chi connectivity index (χ2n) is 7.55. The number of amides is 2. The summed E-state index contributed by atoms with van der Waals surface area (Å²) in [4.78, 5) is 27.4. The van der Waals surface area contributed by atoms with E-state index in [1.54, 1.807) is 11.3 Å². The van der Waals surface area contributed by atoms with Crippen LogP contribution >= 0.6 is 11.3 Å². The largest absolute Gasteiger partial charge is 0.352 e. The molecule has 1 aliphatic heterocycles. The number of benzene rings is 1. The fourth-order valence-corrected chi connectivity index (χ4v) is 5.22. The molecule has 0 unspecified atom stereocenters. The summed E-state index contributed by atoms with van der Waals surface area (Å²) in [5.41, 5.74) is 0.406. The van der Waals surface area contributed by atoms with Crippen LogP contribution in [0.15, 0.2) is 46.7 Å². The van der Waals surface area contributed by atoms with Crippen LogP contribution < -0.4 is 10.0 Å². The number of sulfonamides is 1. The zero-order valence-corrected chi connectivity index (χ0v) is 19.1. The molecule has 1 aromatic heterocycles. The van der Waals surface area contributed by atoms with Gasteiger partial charge in [-0.2, -0.15) is 0 Å². The number of nitrogens with one attached hydrogen (secondary N) is 2. The third-order valence-electron chi connectivity index (χ3n) is 5.23. The first-order valence-corrected chi connectivity index (χ1v) is 13.0. The van der Waals surface area contributed by atoms with Crippen molar-refractivity contribution in [2.45, 2.75) is 43.4 Å². The van der Waals surface area contributed by atoms with Gasteiger partial charge in [-0.25, -0.2) is 13.1 Å². The van der Waals surface area contributed by atoms with Gasteiger partial charge in [0.2, 0.25) is 15.9 Å². The molecule has 0 atom stereocenters. The van der Waals surface area contributed by atoms with E-state index in [4.69, 9.17) is 0 Å². The van der Waals surface area contributed by atoms with E-state index in [1.807, 2.05) is 22.4 Å². The van der Waals surface area contributed by atoms with E-state index in [-0.39, 0.29) is 16.7 Å². The summed E-state index contributed by atoms with van der Waals surface area (Å²) in [7, 11) is -3.61. The lowest BCUT2D eigenvalue weighted by Gasteiger charge is -2.20. The summed E-state index contributed by atoms with van der Waals surface area (Å²) in [5, 5.41) is 4.80. The number of hydrogen-bond donors (Lipinski definition) is 2. The zero-order valence-electron chi connectivity index (χ0n) is 17.5. The first-order valence-electron chi connectivity index (χ1n) is 10.6. The van der Waals surface area contributed by atoms with Gasteiger partial charge < -0.3 is 10.2 Å². The Morgan fingerprint density at radius 2 is 1.87 bits per heavy atom. The molecule has 1 fully saturated rings. The van der Waals surface area contributed by atoms with Crippen LogP contribution in [-0.4, -0.2) is 51.3 Å². The molecule has 0 spiro atoms. The fraction of sp³-hybridized carbons (Fsp3) is 0.455. The van der Waals surface area contributed by atoms with Crippen molar-refractivity contribution in [1.29, 1.82) is 0 Å². The predicted molar refractivity (Wildman–Crippen MR) is 122 cm³/mol. The number of rotatable bonds is 10. The van der Waals surface area contributed by atoms with Gasteiger partial charge in [-0.3, -0.25) is 9.59 Å². The maximum absolute atomic E-state index is 12.4. The third kappa shape index (κ3) is 7.15. The average molecular weight is 464 g/mol. The molecule has 2 N–H and O–H groups in total. The molecular formula is C22H29N3O4S2. The van der Waals surface area contributed by atoms with Gasteiger partial charge in [0.1, 0.15) is 0 Å². The lowest BCUT2D eigenvalue weighted by Crippen LogP contribution is -2.34. The van der Waals surface area contributed by atoms with Crippen molar-refractivity contribution >= 4 is 33.2 Å². The van der Waals surface area contributed by atoms with Crippen molar-refractivity contribution in [1.82, 2.24) is 14.9 Å². The van der Waals surface area contributed by atoms with Crippen LogP contribution in [0.4, 0.5) is 0 Å². The van der Waals surface area contributed by atoms with E-state index < -0.39 is 10.0 Å². The van der Waals surface area contributed by atoms with Crippen molar-refractivity contribution in [3.05, 3.63) is 52.2 Å². The molecule has 1 saturated heterocycles. The average Bonchev–Trinajstić information content (AvgIpc) is 3.19.